The molecule has 2 aromatic rings. The number of alkyl halides is 3. The predicted molar refractivity (Wildman–Crippen MR) is 116 cm³/mol. The standard InChI is InChI=1S/C22H24F3N3O4S/c23-22(24,25)18-2-1-3-19(16-18)26-8-10-27(11-9-26)21(29)17-4-6-20(7-5-17)33(30,31)28-12-14-32-15-13-28/h1-7,16H,8-15H2. The topological polar surface area (TPSA) is 70.2 Å². The van der Waals surface area contributed by atoms with Crippen LogP contribution in [0.2, 0.25) is 0 Å². The van der Waals surface area contributed by atoms with Crippen molar-refractivity contribution < 1.29 is 31.1 Å². The highest BCUT2D eigenvalue weighted by Crippen LogP contribution is 2.32. The first kappa shape index (κ1) is 23.5. The third-order valence-electron chi connectivity index (χ3n) is 5.81. The Bertz CT molecular complexity index is 1090. The van der Waals surface area contributed by atoms with Crippen molar-refractivity contribution >= 4 is 21.6 Å². The number of morpholine rings is 1. The zero-order valence-corrected chi connectivity index (χ0v) is 18.6. The van der Waals surface area contributed by atoms with Gasteiger partial charge in [0.15, 0.2) is 0 Å². The van der Waals surface area contributed by atoms with Gasteiger partial charge in [-0.25, -0.2) is 8.42 Å². The first-order valence-corrected chi connectivity index (χ1v) is 12.0. The largest absolute Gasteiger partial charge is 0.416 e. The van der Waals surface area contributed by atoms with Crippen LogP contribution in [0.25, 0.3) is 0 Å². The fourth-order valence-electron chi connectivity index (χ4n) is 3.93. The number of hydrogen-bond donors (Lipinski definition) is 0. The Morgan fingerprint density at radius 3 is 2.12 bits per heavy atom. The quantitative estimate of drug-likeness (QED) is 0.669. The average molecular weight is 484 g/mol. The van der Waals surface area contributed by atoms with Crippen molar-refractivity contribution in [3.63, 3.8) is 0 Å². The van der Waals surface area contributed by atoms with E-state index < -0.39 is 21.8 Å². The summed E-state index contributed by atoms with van der Waals surface area (Å²) < 4.78 is 71.0. The molecule has 0 radical (unpaired) electrons. The van der Waals surface area contributed by atoms with Gasteiger partial charge in [-0.05, 0) is 42.5 Å². The lowest BCUT2D eigenvalue weighted by molar-refractivity contribution is -0.137. The Hall–Kier alpha value is -2.63. The third kappa shape index (κ3) is 5.15. The number of ether oxygens (including phenoxy) is 1. The molecular weight excluding hydrogens is 459 g/mol. The summed E-state index contributed by atoms with van der Waals surface area (Å²) in [5, 5.41) is 0. The molecule has 11 heteroatoms. The van der Waals surface area contributed by atoms with E-state index in [0.717, 1.165) is 12.1 Å². The van der Waals surface area contributed by atoms with E-state index in [2.05, 4.69) is 0 Å². The summed E-state index contributed by atoms with van der Waals surface area (Å²) in [4.78, 5) is 16.4. The molecule has 0 saturated carbocycles. The van der Waals surface area contributed by atoms with Gasteiger partial charge in [-0.3, -0.25) is 4.79 Å². The number of nitrogens with zero attached hydrogens (tertiary/aromatic N) is 3. The zero-order valence-electron chi connectivity index (χ0n) is 17.8. The second kappa shape index (κ2) is 9.32. The lowest BCUT2D eigenvalue weighted by atomic mass is 10.1. The highest BCUT2D eigenvalue weighted by Gasteiger charge is 2.31. The van der Waals surface area contributed by atoms with Crippen LogP contribution in [-0.2, 0) is 20.9 Å². The molecule has 2 fully saturated rings. The van der Waals surface area contributed by atoms with Crippen LogP contribution in [0, 0.1) is 0 Å². The number of carbonyl (C=O) groups is 1. The molecule has 33 heavy (non-hydrogen) atoms. The maximum Gasteiger partial charge on any atom is 0.416 e. The van der Waals surface area contributed by atoms with Crippen LogP contribution in [0.5, 0.6) is 0 Å². The molecule has 2 saturated heterocycles. The zero-order chi connectivity index (χ0) is 23.6. The molecule has 2 aromatic carbocycles. The minimum absolute atomic E-state index is 0.121. The van der Waals surface area contributed by atoms with Crippen LogP contribution >= 0.6 is 0 Å². The number of benzene rings is 2. The number of sulfonamides is 1. The Labute approximate surface area is 190 Å². The van der Waals surface area contributed by atoms with Gasteiger partial charge in [0.2, 0.25) is 10.0 Å². The lowest BCUT2D eigenvalue weighted by Crippen LogP contribution is -2.48. The van der Waals surface area contributed by atoms with Crippen molar-refractivity contribution in [3.05, 3.63) is 59.7 Å². The minimum atomic E-state index is -4.41. The summed E-state index contributed by atoms with van der Waals surface area (Å²) in [7, 11) is -3.64. The third-order valence-corrected chi connectivity index (χ3v) is 7.73. The Morgan fingerprint density at radius 2 is 1.52 bits per heavy atom. The van der Waals surface area contributed by atoms with Gasteiger partial charge in [0.1, 0.15) is 0 Å². The number of hydrogen-bond acceptors (Lipinski definition) is 5. The van der Waals surface area contributed by atoms with Gasteiger partial charge in [-0.15, -0.1) is 0 Å². The highest BCUT2D eigenvalue weighted by molar-refractivity contribution is 7.89. The SMILES string of the molecule is O=C(c1ccc(S(=O)(=O)N2CCOCC2)cc1)N1CCN(c2cccc(C(F)(F)F)c2)CC1. The second-order valence-corrected chi connectivity index (χ2v) is 9.81. The van der Waals surface area contributed by atoms with Crippen LogP contribution in [0.1, 0.15) is 15.9 Å². The molecular formula is C22H24F3N3O4S. The van der Waals surface area contributed by atoms with E-state index in [1.807, 2.05) is 4.90 Å². The van der Waals surface area contributed by atoms with Gasteiger partial charge < -0.3 is 14.5 Å². The molecule has 2 heterocycles. The minimum Gasteiger partial charge on any atom is -0.379 e. The Morgan fingerprint density at radius 1 is 0.879 bits per heavy atom. The van der Waals surface area contributed by atoms with Gasteiger partial charge in [0.25, 0.3) is 5.91 Å². The van der Waals surface area contributed by atoms with Crippen molar-refractivity contribution in [2.24, 2.45) is 0 Å². The summed E-state index contributed by atoms with van der Waals surface area (Å²) in [5.74, 6) is -0.242. The molecule has 0 bridgehead atoms. The molecule has 0 N–H and O–H groups in total. The fourth-order valence-corrected chi connectivity index (χ4v) is 5.34. The van der Waals surface area contributed by atoms with E-state index in [1.54, 1.807) is 11.0 Å². The number of anilines is 1. The van der Waals surface area contributed by atoms with Crippen molar-refractivity contribution in [3.8, 4) is 0 Å². The smallest absolute Gasteiger partial charge is 0.379 e. The summed E-state index contributed by atoms with van der Waals surface area (Å²) in [6.45, 7) is 2.78. The molecule has 1 amide bonds. The molecule has 0 aliphatic carbocycles. The van der Waals surface area contributed by atoms with Gasteiger partial charge in [0, 0.05) is 50.5 Å². The first-order chi connectivity index (χ1) is 15.7. The summed E-state index contributed by atoms with van der Waals surface area (Å²) in [6, 6.07) is 11.0. The van der Waals surface area contributed by atoms with Crippen molar-refractivity contribution in [1.29, 1.82) is 0 Å². The Balaban J connectivity index is 1.39. The highest BCUT2D eigenvalue weighted by atomic mass is 32.2. The predicted octanol–water partition coefficient (Wildman–Crippen LogP) is 2.69. The van der Waals surface area contributed by atoms with E-state index in [-0.39, 0.29) is 10.8 Å². The van der Waals surface area contributed by atoms with E-state index >= 15 is 0 Å². The van der Waals surface area contributed by atoms with Crippen LogP contribution in [0.3, 0.4) is 0 Å². The number of halogens is 3. The number of carbonyl (C=O) groups excluding carboxylic acids is 1. The number of piperazine rings is 1. The average Bonchev–Trinajstić information content (AvgIpc) is 2.84. The van der Waals surface area contributed by atoms with Gasteiger partial charge in [-0.2, -0.15) is 17.5 Å². The van der Waals surface area contributed by atoms with Gasteiger partial charge in [0.05, 0.1) is 23.7 Å². The second-order valence-electron chi connectivity index (χ2n) is 7.87. The molecule has 0 atom stereocenters. The molecule has 0 spiro atoms. The van der Waals surface area contributed by atoms with E-state index in [0.29, 0.717) is 63.7 Å². The molecule has 0 unspecified atom stereocenters. The monoisotopic (exact) mass is 483 g/mol. The van der Waals surface area contributed by atoms with E-state index in [4.69, 9.17) is 4.74 Å². The Kier molecular flexibility index (Phi) is 6.64. The number of amides is 1. The first-order valence-electron chi connectivity index (χ1n) is 10.6. The molecule has 0 aromatic heterocycles. The summed E-state index contributed by atoms with van der Waals surface area (Å²) in [5.41, 5.74) is 0.128. The summed E-state index contributed by atoms with van der Waals surface area (Å²) >= 11 is 0. The van der Waals surface area contributed by atoms with Crippen LogP contribution in [0.15, 0.2) is 53.4 Å². The summed E-state index contributed by atoms with van der Waals surface area (Å²) in [6.07, 6.45) is -4.41. The van der Waals surface area contributed by atoms with Crippen molar-refractivity contribution in [2.75, 3.05) is 57.4 Å². The molecule has 2 aliphatic heterocycles. The maximum absolute atomic E-state index is 13.0. The fraction of sp³-hybridized carbons (Fsp3) is 0.409. The maximum atomic E-state index is 13.0. The van der Waals surface area contributed by atoms with E-state index in [1.165, 1.54) is 34.6 Å². The van der Waals surface area contributed by atoms with Crippen LogP contribution < -0.4 is 4.90 Å². The van der Waals surface area contributed by atoms with Crippen LogP contribution in [-0.4, -0.2) is 76.0 Å². The lowest BCUT2D eigenvalue weighted by Gasteiger charge is -2.36. The normalized spacial score (nSPS) is 18.4. The molecule has 7 nitrogen and oxygen atoms in total. The number of rotatable bonds is 4. The van der Waals surface area contributed by atoms with Gasteiger partial charge >= 0.3 is 6.18 Å². The molecule has 178 valence electrons. The molecule has 4 rings (SSSR count). The van der Waals surface area contributed by atoms with Gasteiger partial charge in [-0.1, -0.05) is 6.07 Å². The van der Waals surface area contributed by atoms with E-state index in [9.17, 15) is 26.4 Å². The molecule has 2 aliphatic rings. The van der Waals surface area contributed by atoms with Crippen LogP contribution in [0.4, 0.5) is 18.9 Å². The van der Waals surface area contributed by atoms with Crippen molar-refractivity contribution in [2.45, 2.75) is 11.1 Å². The van der Waals surface area contributed by atoms with Crippen molar-refractivity contribution in [1.82, 2.24) is 9.21 Å².